The smallest absolute Gasteiger partial charge is 0.285 e. The summed E-state index contributed by atoms with van der Waals surface area (Å²) in [7, 11) is 0. The average Bonchev–Trinajstić information content (AvgIpc) is 2.62. The van der Waals surface area contributed by atoms with Crippen LogP contribution in [0.3, 0.4) is 0 Å². The quantitative estimate of drug-likeness (QED) is 0.698. The van der Waals surface area contributed by atoms with Gasteiger partial charge in [-0.05, 0) is 48.4 Å². The van der Waals surface area contributed by atoms with Crippen molar-refractivity contribution in [2.45, 2.75) is 6.42 Å². The lowest BCUT2D eigenvalue weighted by molar-refractivity contribution is 0.480. The van der Waals surface area contributed by atoms with Gasteiger partial charge in [-0.3, -0.25) is 4.79 Å². The Labute approximate surface area is 148 Å². The van der Waals surface area contributed by atoms with E-state index < -0.39 is 5.56 Å². The lowest BCUT2D eigenvalue weighted by atomic mass is 10.1. The molecule has 0 unspecified atom stereocenters. The molecular formula is C18H15ClFN3O2. The molecule has 1 heterocycles. The predicted molar refractivity (Wildman–Crippen MR) is 95.0 cm³/mol. The van der Waals surface area contributed by atoms with Crippen LogP contribution in [0.15, 0.2) is 59.5 Å². The zero-order chi connectivity index (χ0) is 17.6. The van der Waals surface area contributed by atoms with Crippen LogP contribution >= 0.6 is 11.6 Å². The van der Waals surface area contributed by atoms with Crippen molar-refractivity contribution in [1.82, 2.24) is 10.2 Å². The van der Waals surface area contributed by atoms with E-state index in [0.717, 1.165) is 12.0 Å². The third kappa shape index (κ3) is 4.58. The molecule has 0 aliphatic carbocycles. The van der Waals surface area contributed by atoms with Gasteiger partial charge in [-0.15, -0.1) is 0 Å². The van der Waals surface area contributed by atoms with E-state index in [2.05, 4.69) is 15.5 Å². The summed E-state index contributed by atoms with van der Waals surface area (Å²) in [6.45, 7) is 0.600. The molecule has 3 rings (SSSR count). The van der Waals surface area contributed by atoms with Gasteiger partial charge in [-0.1, -0.05) is 23.7 Å². The molecule has 0 amide bonds. The van der Waals surface area contributed by atoms with Gasteiger partial charge in [-0.2, -0.15) is 5.10 Å². The second-order valence-electron chi connectivity index (χ2n) is 5.30. The minimum absolute atomic E-state index is 0.0954. The summed E-state index contributed by atoms with van der Waals surface area (Å²) in [5.74, 6) is 0.948. The molecule has 0 radical (unpaired) electrons. The number of benzene rings is 2. The molecule has 5 nitrogen and oxygen atoms in total. The first-order valence-electron chi connectivity index (χ1n) is 7.61. The van der Waals surface area contributed by atoms with Crippen LogP contribution < -0.4 is 15.6 Å². The van der Waals surface area contributed by atoms with Crippen molar-refractivity contribution < 1.29 is 9.13 Å². The van der Waals surface area contributed by atoms with Gasteiger partial charge in [-0.25, -0.2) is 9.49 Å². The molecule has 2 N–H and O–H groups in total. The number of aromatic nitrogens is 2. The topological polar surface area (TPSA) is 67.0 Å². The van der Waals surface area contributed by atoms with Crippen LogP contribution in [-0.2, 0) is 6.42 Å². The van der Waals surface area contributed by atoms with E-state index >= 15 is 0 Å². The molecule has 3 aromatic rings. The second-order valence-corrected chi connectivity index (χ2v) is 5.68. The van der Waals surface area contributed by atoms with Gasteiger partial charge in [0.1, 0.15) is 22.3 Å². The molecule has 0 fully saturated rings. The maximum absolute atomic E-state index is 12.9. The van der Waals surface area contributed by atoms with E-state index in [9.17, 15) is 9.18 Å². The SMILES string of the molecule is O=c1[nH]ncc(NCCc2ccc(Oc3ccc(F)cc3)cc2)c1Cl. The van der Waals surface area contributed by atoms with Crippen molar-refractivity contribution in [1.29, 1.82) is 0 Å². The lowest BCUT2D eigenvalue weighted by Gasteiger charge is -2.08. The molecule has 1 aromatic heterocycles. The summed E-state index contributed by atoms with van der Waals surface area (Å²) in [5, 5.41) is 9.14. The first kappa shape index (κ1) is 17.0. The summed E-state index contributed by atoms with van der Waals surface area (Å²) in [5.41, 5.74) is 1.17. The highest BCUT2D eigenvalue weighted by atomic mass is 35.5. The Balaban J connectivity index is 1.55. The third-order valence-electron chi connectivity index (χ3n) is 3.50. The number of rotatable bonds is 6. The minimum Gasteiger partial charge on any atom is -0.457 e. The molecule has 0 bridgehead atoms. The standard InChI is InChI=1S/C18H15ClFN3O2/c19-17-16(11-22-23-18(17)24)21-10-9-12-1-5-14(6-2-12)25-15-7-3-13(20)4-8-15/h1-8,11H,9-10H2,(H2,21,23,24). The Morgan fingerprint density at radius 3 is 2.40 bits per heavy atom. The Morgan fingerprint density at radius 1 is 1.08 bits per heavy atom. The van der Waals surface area contributed by atoms with Gasteiger partial charge < -0.3 is 10.1 Å². The third-order valence-corrected chi connectivity index (χ3v) is 3.87. The van der Waals surface area contributed by atoms with Crippen LogP contribution in [0.4, 0.5) is 10.1 Å². The van der Waals surface area contributed by atoms with Crippen LogP contribution in [0.25, 0.3) is 0 Å². The molecule has 25 heavy (non-hydrogen) atoms. The van der Waals surface area contributed by atoms with Crippen molar-refractivity contribution in [3.05, 3.63) is 81.5 Å². The summed E-state index contributed by atoms with van der Waals surface area (Å²) >= 11 is 5.90. The van der Waals surface area contributed by atoms with Gasteiger partial charge in [0.2, 0.25) is 0 Å². The van der Waals surface area contributed by atoms with Gasteiger partial charge in [0.05, 0.1) is 11.9 Å². The van der Waals surface area contributed by atoms with Gasteiger partial charge in [0.15, 0.2) is 0 Å². The normalized spacial score (nSPS) is 10.5. The number of nitrogens with one attached hydrogen (secondary N) is 2. The fraction of sp³-hybridized carbons (Fsp3) is 0.111. The maximum atomic E-state index is 12.9. The van der Waals surface area contributed by atoms with E-state index in [1.54, 1.807) is 12.1 Å². The molecule has 0 atom stereocenters. The van der Waals surface area contributed by atoms with E-state index in [1.807, 2.05) is 24.3 Å². The molecule has 0 aliphatic rings. The van der Waals surface area contributed by atoms with Crippen LogP contribution in [0.1, 0.15) is 5.56 Å². The molecule has 7 heteroatoms. The average molecular weight is 360 g/mol. The fourth-order valence-corrected chi connectivity index (χ4v) is 2.37. The summed E-state index contributed by atoms with van der Waals surface area (Å²) < 4.78 is 18.5. The maximum Gasteiger partial charge on any atom is 0.285 e. The van der Waals surface area contributed by atoms with Gasteiger partial charge in [0, 0.05) is 6.54 Å². The Hall–Kier alpha value is -2.86. The predicted octanol–water partition coefficient (Wildman–Crippen LogP) is 4.01. The monoisotopic (exact) mass is 359 g/mol. The first-order chi connectivity index (χ1) is 12.1. The highest BCUT2D eigenvalue weighted by Crippen LogP contribution is 2.22. The van der Waals surface area contributed by atoms with Crippen molar-refractivity contribution in [2.75, 3.05) is 11.9 Å². The molecule has 0 spiro atoms. The highest BCUT2D eigenvalue weighted by molar-refractivity contribution is 6.32. The largest absolute Gasteiger partial charge is 0.457 e. The molecule has 0 aliphatic heterocycles. The Bertz CT molecular complexity index is 895. The summed E-state index contributed by atoms with van der Waals surface area (Å²) in [6.07, 6.45) is 2.21. The van der Waals surface area contributed by atoms with Gasteiger partial charge >= 0.3 is 0 Å². The second kappa shape index (κ2) is 7.81. The molecule has 0 saturated carbocycles. The zero-order valence-corrected chi connectivity index (χ0v) is 13.9. The van der Waals surface area contributed by atoms with Crippen LogP contribution in [0.5, 0.6) is 11.5 Å². The fourth-order valence-electron chi connectivity index (χ4n) is 2.21. The van der Waals surface area contributed by atoms with E-state index in [4.69, 9.17) is 16.3 Å². The first-order valence-corrected chi connectivity index (χ1v) is 7.99. The molecule has 2 aromatic carbocycles. The summed E-state index contributed by atoms with van der Waals surface area (Å²) in [4.78, 5) is 11.4. The molecule has 0 saturated heterocycles. The van der Waals surface area contributed by atoms with Crippen LogP contribution in [0.2, 0.25) is 5.02 Å². The number of halogens is 2. The number of aromatic amines is 1. The number of ether oxygens (including phenoxy) is 1. The van der Waals surface area contributed by atoms with Crippen molar-refractivity contribution in [3.8, 4) is 11.5 Å². The minimum atomic E-state index is -0.422. The van der Waals surface area contributed by atoms with Gasteiger partial charge in [0.25, 0.3) is 5.56 Å². The molecule has 128 valence electrons. The number of hydrogen-bond acceptors (Lipinski definition) is 4. The number of nitrogens with zero attached hydrogens (tertiary/aromatic N) is 1. The number of hydrogen-bond donors (Lipinski definition) is 2. The van der Waals surface area contributed by atoms with E-state index in [1.165, 1.54) is 18.3 Å². The van der Waals surface area contributed by atoms with Crippen molar-refractivity contribution in [3.63, 3.8) is 0 Å². The van der Waals surface area contributed by atoms with E-state index in [0.29, 0.717) is 23.7 Å². The number of H-pyrrole nitrogens is 1. The Kier molecular flexibility index (Phi) is 5.30. The van der Waals surface area contributed by atoms with Crippen LogP contribution in [-0.4, -0.2) is 16.7 Å². The highest BCUT2D eigenvalue weighted by Gasteiger charge is 2.04. The van der Waals surface area contributed by atoms with Crippen molar-refractivity contribution in [2.24, 2.45) is 0 Å². The zero-order valence-electron chi connectivity index (χ0n) is 13.1. The van der Waals surface area contributed by atoms with Crippen LogP contribution in [0, 0.1) is 5.82 Å². The van der Waals surface area contributed by atoms with Crippen molar-refractivity contribution >= 4 is 17.3 Å². The molecular weight excluding hydrogens is 345 g/mol. The number of anilines is 1. The Morgan fingerprint density at radius 2 is 1.72 bits per heavy atom. The lowest BCUT2D eigenvalue weighted by Crippen LogP contribution is -2.13. The summed E-state index contributed by atoms with van der Waals surface area (Å²) in [6, 6.07) is 13.4. The van der Waals surface area contributed by atoms with E-state index in [-0.39, 0.29) is 10.8 Å².